The van der Waals surface area contributed by atoms with Crippen LogP contribution in [0.15, 0.2) is 78.3 Å². The van der Waals surface area contributed by atoms with Crippen molar-refractivity contribution in [2.45, 2.75) is 6.42 Å². The molecule has 0 bridgehead atoms. The van der Waals surface area contributed by atoms with Gasteiger partial charge in [-0.2, -0.15) is 0 Å². The maximum Gasteiger partial charge on any atom is 0.265 e. The number of morpholine rings is 1. The number of nitrogens with one attached hydrogen (secondary N) is 1. The average Bonchev–Trinajstić information content (AvgIpc) is 3.55. The van der Waals surface area contributed by atoms with Crippen LogP contribution in [-0.2, 0) is 4.74 Å². The number of ether oxygens (including phenoxy) is 4. The molecule has 41 heavy (non-hydrogen) atoms. The van der Waals surface area contributed by atoms with E-state index >= 15 is 0 Å². The fraction of sp³-hybridized carbons (Fsp3) is 0.250. The van der Waals surface area contributed by atoms with Crippen molar-refractivity contribution in [1.29, 1.82) is 0 Å². The summed E-state index contributed by atoms with van der Waals surface area (Å²) in [5.41, 5.74) is 1.51. The van der Waals surface area contributed by atoms with E-state index in [4.69, 9.17) is 18.9 Å². The Hall–Kier alpha value is -4.18. The van der Waals surface area contributed by atoms with Crippen LogP contribution in [0.2, 0.25) is 0 Å². The molecular formula is C32H31N3O5S. The van der Waals surface area contributed by atoms with Gasteiger partial charge in [0.05, 0.1) is 37.3 Å². The molecule has 1 N–H and O–H groups in total. The monoisotopic (exact) mass is 569 g/mol. The van der Waals surface area contributed by atoms with Crippen LogP contribution in [0.5, 0.6) is 23.0 Å². The van der Waals surface area contributed by atoms with E-state index < -0.39 is 0 Å². The van der Waals surface area contributed by atoms with E-state index in [-0.39, 0.29) is 5.91 Å². The number of thiophene rings is 1. The van der Waals surface area contributed by atoms with Crippen LogP contribution in [0.1, 0.15) is 16.1 Å². The van der Waals surface area contributed by atoms with Gasteiger partial charge >= 0.3 is 0 Å². The predicted molar refractivity (Wildman–Crippen MR) is 162 cm³/mol. The van der Waals surface area contributed by atoms with Gasteiger partial charge in [-0.15, -0.1) is 11.3 Å². The highest BCUT2D eigenvalue weighted by atomic mass is 32.1. The Balaban J connectivity index is 1.15. The molecular weight excluding hydrogens is 538 g/mol. The maximum absolute atomic E-state index is 12.4. The summed E-state index contributed by atoms with van der Waals surface area (Å²) in [6, 6.07) is 21.1. The number of fused-ring (bicyclic) bond motifs is 2. The van der Waals surface area contributed by atoms with Crippen molar-refractivity contribution in [3.05, 3.63) is 83.2 Å². The molecule has 8 nitrogen and oxygen atoms in total. The standard InChI is InChI=1S/C32H31N3O5S/c1-37-29-20-26-27(21-30(29)39-14-3-11-35-12-15-38-16-13-35)33-10-9-28(26)40-25-8-6-22-18-24(7-5-23(22)19-25)34-32(36)31-4-2-17-41-31/h2,4-10,17-21H,3,11-16H2,1H3,(H,34,36). The Labute approximate surface area is 242 Å². The molecule has 1 aliphatic heterocycles. The molecule has 3 aromatic carbocycles. The summed E-state index contributed by atoms with van der Waals surface area (Å²) < 4.78 is 23.5. The fourth-order valence-electron chi connectivity index (χ4n) is 4.88. The zero-order valence-electron chi connectivity index (χ0n) is 22.8. The molecule has 0 saturated carbocycles. The van der Waals surface area contributed by atoms with Crippen molar-refractivity contribution in [2.24, 2.45) is 0 Å². The second-order valence-electron chi connectivity index (χ2n) is 9.74. The van der Waals surface area contributed by atoms with Crippen molar-refractivity contribution >= 4 is 44.6 Å². The largest absolute Gasteiger partial charge is 0.493 e. The molecule has 0 radical (unpaired) electrons. The van der Waals surface area contributed by atoms with Crippen molar-refractivity contribution in [1.82, 2.24) is 9.88 Å². The lowest BCUT2D eigenvalue weighted by atomic mass is 10.1. The van der Waals surface area contributed by atoms with E-state index in [0.717, 1.165) is 66.6 Å². The summed E-state index contributed by atoms with van der Waals surface area (Å²) in [5, 5.41) is 7.68. The first-order chi connectivity index (χ1) is 20.2. The minimum Gasteiger partial charge on any atom is -0.493 e. The molecule has 1 aliphatic rings. The van der Waals surface area contributed by atoms with Gasteiger partial charge in [-0.25, -0.2) is 0 Å². The first-order valence-electron chi connectivity index (χ1n) is 13.6. The van der Waals surface area contributed by atoms with E-state index in [1.165, 1.54) is 11.3 Å². The van der Waals surface area contributed by atoms with Crippen LogP contribution in [0.25, 0.3) is 21.7 Å². The molecule has 3 heterocycles. The average molecular weight is 570 g/mol. The lowest BCUT2D eigenvalue weighted by molar-refractivity contribution is 0.0357. The summed E-state index contributed by atoms with van der Waals surface area (Å²) >= 11 is 1.42. The smallest absolute Gasteiger partial charge is 0.265 e. The highest BCUT2D eigenvalue weighted by Gasteiger charge is 2.14. The lowest BCUT2D eigenvalue weighted by Crippen LogP contribution is -2.37. The quantitative estimate of drug-likeness (QED) is 0.190. The van der Waals surface area contributed by atoms with Crippen LogP contribution >= 0.6 is 11.3 Å². The summed E-state index contributed by atoms with van der Waals surface area (Å²) in [4.78, 5) is 20.0. The van der Waals surface area contributed by atoms with Crippen molar-refractivity contribution < 1.29 is 23.7 Å². The minimum atomic E-state index is -0.110. The maximum atomic E-state index is 12.4. The van der Waals surface area contributed by atoms with Gasteiger partial charge in [0, 0.05) is 43.0 Å². The number of benzene rings is 3. The van der Waals surface area contributed by atoms with Crippen molar-refractivity contribution in [3.8, 4) is 23.0 Å². The van der Waals surface area contributed by atoms with E-state index in [1.54, 1.807) is 13.3 Å². The number of methoxy groups -OCH3 is 1. The first-order valence-corrected chi connectivity index (χ1v) is 14.5. The predicted octanol–water partition coefficient (Wildman–Crippen LogP) is 6.60. The Morgan fingerprint density at radius 3 is 2.68 bits per heavy atom. The number of aromatic nitrogens is 1. The zero-order valence-corrected chi connectivity index (χ0v) is 23.6. The second kappa shape index (κ2) is 12.6. The molecule has 0 atom stereocenters. The molecule has 6 rings (SSSR count). The lowest BCUT2D eigenvalue weighted by Gasteiger charge is -2.26. The van der Waals surface area contributed by atoms with Gasteiger partial charge in [-0.1, -0.05) is 18.2 Å². The number of nitrogens with zero attached hydrogens (tertiary/aromatic N) is 2. The molecule has 9 heteroatoms. The number of rotatable bonds is 10. The molecule has 1 fully saturated rings. The number of amides is 1. The highest BCUT2D eigenvalue weighted by molar-refractivity contribution is 7.12. The van der Waals surface area contributed by atoms with Gasteiger partial charge in [0.25, 0.3) is 5.91 Å². The Morgan fingerprint density at radius 1 is 1.00 bits per heavy atom. The van der Waals surface area contributed by atoms with Crippen LogP contribution in [0, 0.1) is 0 Å². The SMILES string of the molecule is COc1cc2c(Oc3ccc4cc(NC(=O)c5cccs5)ccc4c3)ccnc2cc1OCCCN1CCOCC1. The second-order valence-corrected chi connectivity index (χ2v) is 10.7. The summed E-state index contributed by atoms with van der Waals surface area (Å²) in [6.07, 6.45) is 2.65. The van der Waals surface area contributed by atoms with Gasteiger partial charge in [0.15, 0.2) is 11.5 Å². The molecule has 1 saturated heterocycles. The number of anilines is 1. The first kappa shape index (κ1) is 27.0. The number of carbonyl (C=O) groups is 1. The van der Waals surface area contributed by atoms with Crippen molar-refractivity contribution in [3.63, 3.8) is 0 Å². The molecule has 210 valence electrons. The molecule has 0 unspecified atom stereocenters. The molecule has 1 amide bonds. The normalized spacial score (nSPS) is 13.8. The summed E-state index contributed by atoms with van der Waals surface area (Å²) in [7, 11) is 1.64. The van der Waals surface area contributed by atoms with Gasteiger partial charge in [-0.05, 0) is 65.0 Å². The van der Waals surface area contributed by atoms with E-state index in [2.05, 4.69) is 15.2 Å². The third-order valence-electron chi connectivity index (χ3n) is 7.01. The number of hydrogen-bond donors (Lipinski definition) is 1. The van der Waals surface area contributed by atoms with E-state index in [1.807, 2.05) is 72.1 Å². The summed E-state index contributed by atoms with van der Waals surface area (Å²) in [6.45, 7) is 5.10. The van der Waals surface area contributed by atoms with Crippen LogP contribution in [0.3, 0.4) is 0 Å². The zero-order chi connectivity index (χ0) is 28.0. The van der Waals surface area contributed by atoms with Gasteiger partial charge in [0.2, 0.25) is 0 Å². The van der Waals surface area contributed by atoms with Crippen molar-refractivity contribution in [2.75, 3.05) is 51.9 Å². The highest BCUT2D eigenvalue weighted by Crippen LogP contribution is 2.37. The summed E-state index contributed by atoms with van der Waals surface area (Å²) in [5.74, 6) is 2.56. The third-order valence-corrected chi connectivity index (χ3v) is 7.88. The number of pyridine rings is 1. The number of carbonyl (C=O) groups excluding carboxylic acids is 1. The Bertz CT molecular complexity index is 1650. The Morgan fingerprint density at radius 2 is 1.85 bits per heavy atom. The van der Waals surface area contributed by atoms with Crippen LogP contribution < -0.4 is 19.5 Å². The van der Waals surface area contributed by atoms with Gasteiger partial charge in [-0.3, -0.25) is 14.7 Å². The third kappa shape index (κ3) is 6.43. The molecule has 0 spiro atoms. The van der Waals surface area contributed by atoms with E-state index in [0.29, 0.717) is 34.5 Å². The van der Waals surface area contributed by atoms with Crippen LogP contribution in [-0.4, -0.2) is 62.4 Å². The topological polar surface area (TPSA) is 82.2 Å². The van der Waals surface area contributed by atoms with Gasteiger partial charge < -0.3 is 24.3 Å². The Kier molecular flexibility index (Phi) is 8.27. The minimum absolute atomic E-state index is 0.110. The van der Waals surface area contributed by atoms with Gasteiger partial charge in [0.1, 0.15) is 11.5 Å². The number of hydrogen-bond acceptors (Lipinski definition) is 8. The molecule has 5 aromatic rings. The van der Waals surface area contributed by atoms with Crippen LogP contribution in [0.4, 0.5) is 5.69 Å². The molecule has 0 aliphatic carbocycles. The molecule has 2 aromatic heterocycles. The van der Waals surface area contributed by atoms with E-state index in [9.17, 15) is 4.79 Å². The fourth-order valence-corrected chi connectivity index (χ4v) is 5.50.